The van der Waals surface area contributed by atoms with Gasteiger partial charge < -0.3 is 11.1 Å². The maximum atomic E-state index is 12.5. The van der Waals surface area contributed by atoms with E-state index < -0.39 is 0 Å². The molecule has 4 saturated carbocycles. The monoisotopic (exact) mass is 250 g/mol. The molecule has 0 aromatic carbocycles. The largest absolute Gasteiger partial charge is 0.356 e. The molecular weight excluding hydrogens is 224 g/mol. The van der Waals surface area contributed by atoms with Gasteiger partial charge in [0.15, 0.2) is 0 Å². The molecule has 3 heteroatoms. The van der Waals surface area contributed by atoms with Gasteiger partial charge in [-0.1, -0.05) is 0 Å². The Morgan fingerprint density at radius 1 is 1.22 bits per heavy atom. The summed E-state index contributed by atoms with van der Waals surface area (Å²) < 4.78 is 0. The van der Waals surface area contributed by atoms with Gasteiger partial charge in [0.05, 0.1) is 0 Å². The van der Waals surface area contributed by atoms with Crippen molar-refractivity contribution in [1.82, 2.24) is 5.32 Å². The van der Waals surface area contributed by atoms with Crippen LogP contribution in [-0.2, 0) is 4.79 Å². The fraction of sp³-hybridized carbons (Fsp3) is 0.933. The molecule has 4 aliphatic rings. The zero-order valence-corrected chi connectivity index (χ0v) is 11.5. The lowest BCUT2D eigenvalue weighted by molar-refractivity contribution is -0.146. The molecule has 0 aromatic heterocycles. The van der Waals surface area contributed by atoms with Crippen molar-refractivity contribution in [3.8, 4) is 0 Å². The van der Waals surface area contributed by atoms with Crippen LogP contribution in [0.25, 0.3) is 0 Å². The number of carbonyl (C=O) groups is 1. The molecule has 3 N–H and O–H groups in total. The van der Waals surface area contributed by atoms with Gasteiger partial charge in [-0.2, -0.15) is 0 Å². The Morgan fingerprint density at radius 2 is 1.72 bits per heavy atom. The standard InChI is InChI=1S/C15H26N2O/c1-10(16)2-3-17-14(18)15-7-11-4-12(8-15)6-13(5-11)9-15/h10-13H,2-9,16H2,1H3,(H,17,18). The summed E-state index contributed by atoms with van der Waals surface area (Å²) in [5, 5.41) is 3.15. The van der Waals surface area contributed by atoms with Crippen molar-refractivity contribution in [1.29, 1.82) is 0 Å². The van der Waals surface area contributed by atoms with Crippen LogP contribution in [-0.4, -0.2) is 18.5 Å². The number of nitrogens with one attached hydrogen (secondary N) is 1. The van der Waals surface area contributed by atoms with Gasteiger partial charge in [-0.05, 0) is 69.6 Å². The Balaban J connectivity index is 1.62. The molecule has 4 fully saturated rings. The summed E-state index contributed by atoms with van der Waals surface area (Å²) >= 11 is 0. The van der Waals surface area contributed by atoms with Crippen molar-refractivity contribution in [3.05, 3.63) is 0 Å². The predicted molar refractivity (Wildman–Crippen MR) is 71.9 cm³/mol. The maximum absolute atomic E-state index is 12.5. The number of hydrogen-bond acceptors (Lipinski definition) is 2. The summed E-state index contributed by atoms with van der Waals surface area (Å²) in [4.78, 5) is 12.5. The third-order valence-corrected chi connectivity index (χ3v) is 5.41. The van der Waals surface area contributed by atoms with Crippen LogP contribution in [0, 0.1) is 23.2 Å². The molecule has 1 atom stereocenters. The number of amides is 1. The van der Waals surface area contributed by atoms with E-state index in [9.17, 15) is 4.79 Å². The molecule has 0 heterocycles. The van der Waals surface area contributed by atoms with E-state index in [2.05, 4.69) is 5.32 Å². The Bertz CT molecular complexity index is 302. The van der Waals surface area contributed by atoms with Gasteiger partial charge in [-0.25, -0.2) is 0 Å². The highest BCUT2D eigenvalue weighted by molar-refractivity contribution is 5.83. The molecule has 3 nitrogen and oxygen atoms in total. The van der Waals surface area contributed by atoms with Crippen LogP contribution >= 0.6 is 0 Å². The summed E-state index contributed by atoms with van der Waals surface area (Å²) in [6.07, 6.45) is 8.54. The fourth-order valence-corrected chi connectivity index (χ4v) is 4.99. The predicted octanol–water partition coefficient (Wildman–Crippen LogP) is 2.06. The van der Waals surface area contributed by atoms with Crippen molar-refractivity contribution in [2.45, 2.75) is 57.9 Å². The summed E-state index contributed by atoms with van der Waals surface area (Å²) in [5.41, 5.74) is 5.74. The molecule has 18 heavy (non-hydrogen) atoms. The Labute approximate surface area is 110 Å². The first-order valence-electron chi connectivity index (χ1n) is 7.61. The van der Waals surface area contributed by atoms with Gasteiger partial charge in [-0.15, -0.1) is 0 Å². The highest BCUT2D eigenvalue weighted by Crippen LogP contribution is 2.60. The maximum Gasteiger partial charge on any atom is 0.226 e. The Kier molecular flexibility index (Phi) is 3.13. The van der Waals surface area contributed by atoms with Crippen molar-refractivity contribution < 1.29 is 4.79 Å². The molecule has 4 bridgehead atoms. The normalized spacial score (nSPS) is 42.9. The van der Waals surface area contributed by atoms with Crippen LogP contribution in [0.2, 0.25) is 0 Å². The second kappa shape index (κ2) is 4.52. The van der Waals surface area contributed by atoms with Crippen molar-refractivity contribution in [3.63, 3.8) is 0 Å². The first kappa shape index (κ1) is 12.5. The van der Waals surface area contributed by atoms with Gasteiger partial charge in [0.1, 0.15) is 0 Å². The first-order valence-corrected chi connectivity index (χ1v) is 7.61. The second-order valence-electron chi connectivity index (χ2n) is 7.22. The highest BCUT2D eigenvalue weighted by atomic mass is 16.2. The van der Waals surface area contributed by atoms with E-state index in [4.69, 9.17) is 5.73 Å². The van der Waals surface area contributed by atoms with Crippen LogP contribution in [0.3, 0.4) is 0 Å². The third-order valence-electron chi connectivity index (χ3n) is 5.41. The zero-order valence-electron chi connectivity index (χ0n) is 11.5. The van der Waals surface area contributed by atoms with E-state index >= 15 is 0 Å². The molecule has 4 aliphatic carbocycles. The smallest absolute Gasteiger partial charge is 0.226 e. The zero-order chi connectivity index (χ0) is 12.8. The van der Waals surface area contributed by atoms with Crippen molar-refractivity contribution in [2.24, 2.45) is 28.9 Å². The van der Waals surface area contributed by atoms with Crippen LogP contribution in [0.5, 0.6) is 0 Å². The molecule has 102 valence electrons. The summed E-state index contributed by atoms with van der Waals surface area (Å²) in [5.74, 6) is 2.86. The summed E-state index contributed by atoms with van der Waals surface area (Å²) in [6, 6.07) is 0.182. The van der Waals surface area contributed by atoms with Gasteiger partial charge >= 0.3 is 0 Å². The summed E-state index contributed by atoms with van der Waals surface area (Å²) in [6.45, 7) is 2.75. The Hall–Kier alpha value is -0.570. The number of carbonyl (C=O) groups excluding carboxylic acids is 1. The van der Waals surface area contributed by atoms with Gasteiger partial charge in [-0.3, -0.25) is 4.79 Å². The van der Waals surface area contributed by atoms with Gasteiger partial charge in [0.25, 0.3) is 0 Å². The average Bonchev–Trinajstić information content (AvgIpc) is 2.26. The molecule has 0 aliphatic heterocycles. The molecule has 1 amide bonds. The molecule has 0 radical (unpaired) electrons. The number of rotatable bonds is 4. The first-order chi connectivity index (χ1) is 8.57. The molecule has 0 saturated heterocycles. The van der Waals surface area contributed by atoms with Gasteiger partial charge in [0.2, 0.25) is 5.91 Å². The van der Waals surface area contributed by atoms with E-state index in [0.717, 1.165) is 50.0 Å². The van der Waals surface area contributed by atoms with E-state index in [-0.39, 0.29) is 11.5 Å². The van der Waals surface area contributed by atoms with Crippen LogP contribution in [0.4, 0.5) is 0 Å². The lowest BCUT2D eigenvalue weighted by Crippen LogP contribution is -2.53. The van der Waals surface area contributed by atoms with E-state index in [0.29, 0.717) is 5.91 Å². The van der Waals surface area contributed by atoms with Crippen molar-refractivity contribution >= 4 is 5.91 Å². The molecular formula is C15H26N2O. The SMILES string of the molecule is CC(N)CCNC(=O)C12CC3CC(CC(C3)C1)C2. The van der Waals surface area contributed by atoms with E-state index in [1.807, 2.05) is 6.92 Å². The van der Waals surface area contributed by atoms with Crippen molar-refractivity contribution in [2.75, 3.05) is 6.54 Å². The number of nitrogens with two attached hydrogens (primary N) is 1. The highest BCUT2D eigenvalue weighted by Gasteiger charge is 2.54. The topological polar surface area (TPSA) is 55.1 Å². The van der Waals surface area contributed by atoms with Crippen LogP contribution in [0.1, 0.15) is 51.9 Å². The summed E-state index contributed by atoms with van der Waals surface area (Å²) in [7, 11) is 0. The lowest BCUT2D eigenvalue weighted by Gasteiger charge is -2.55. The fourth-order valence-electron chi connectivity index (χ4n) is 4.99. The molecule has 4 rings (SSSR count). The van der Waals surface area contributed by atoms with Gasteiger partial charge in [0, 0.05) is 18.0 Å². The minimum absolute atomic E-state index is 0.00653. The third kappa shape index (κ3) is 2.18. The van der Waals surface area contributed by atoms with E-state index in [1.54, 1.807) is 0 Å². The minimum atomic E-state index is 0.00653. The second-order valence-corrected chi connectivity index (χ2v) is 7.22. The number of hydrogen-bond donors (Lipinski definition) is 2. The van der Waals surface area contributed by atoms with Crippen LogP contribution in [0.15, 0.2) is 0 Å². The van der Waals surface area contributed by atoms with Crippen LogP contribution < -0.4 is 11.1 Å². The quantitative estimate of drug-likeness (QED) is 0.802. The molecule has 0 spiro atoms. The minimum Gasteiger partial charge on any atom is -0.356 e. The van der Waals surface area contributed by atoms with E-state index in [1.165, 1.54) is 19.3 Å². The molecule has 1 unspecified atom stereocenters. The molecule has 0 aromatic rings. The Morgan fingerprint density at radius 3 is 2.17 bits per heavy atom. The lowest BCUT2D eigenvalue weighted by atomic mass is 9.49. The average molecular weight is 250 g/mol.